The average Bonchev–Trinajstić information content (AvgIpc) is 2.28. The van der Waals surface area contributed by atoms with Gasteiger partial charge in [0.1, 0.15) is 5.69 Å². The lowest BCUT2D eigenvalue weighted by atomic mass is 10.3. The van der Waals surface area contributed by atoms with Gasteiger partial charge >= 0.3 is 0 Å². The summed E-state index contributed by atoms with van der Waals surface area (Å²) in [5.74, 6) is 0.741. The fourth-order valence-corrected chi connectivity index (χ4v) is 0.846. The van der Waals surface area contributed by atoms with Crippen molar-refractivity contribution in [1.29, 1.82) is 0 Å². The highest BCUT2D eigenvalue weighted by Gasteiger charge is 1.98. The van der Waals surface area contributed by atoms with Crippen molar-refractivity contribution >= 4 is 0 Å². The Labute approximate surface area is 62.9 Å². The maximum Gasteiger partial charge on any atom is 0.181 e. The van der Waals surface area contributed by atoms with Crippen molar-refractivity contribution in [1.82, 2.24) is 15.4 Å². The molecule has 0 aromatic heterocycles. The quantitative estimate of drug-likeness (QED) is 0.597. The first-order chi connectivity index (χ1) is 5.47. The molecule has 0 fully saturated rings. The Balaban J connectivity index is 2.75. The third-order valence-electron chi connectivity index (χ3n) is 1.35. The largest absolute Gasteiger partial charge is 0.380 e. The summed E-state index contributed by atoms with van der Waals surface area (Å²) in [6.07, 6.45) is 3.34. The van der Waals surface area contributed by atoms with Crippen molar-refractivity contribution in [2.75, 3.05) is 0 Å². The molecular weight excluding hydrogens is 142 g/mol. The number of fused-ring (bicyclic) bond motifs is 1. The number of rotatable bonds is 0. The van der Waals surface area contributed by atoms with Crippen LogP contribution in [-0.4, -0.2) is 15.4 Å². The fraction of sp³-hybridized carbons (Fsp3) is 0. The van der Waals surface area contributed by atoms with Gasteiger partial charge < -0.3 is 4.52 Å². The van der Waals surface area contributed by atoms with Gasteiger partial charge in [0, 0.05) is 12.3 Å². The van der Waals surface area contributed by atoms with E-state index < -0.39 is 0 Å². The average molecular weight is 149 g/mol. The molecule has 4 nitrogen and oxygen atoms in total. The summed E-state index contributed by atoms with van der Waals surface area (Å²) in [5.41, 5.74) is 0.855. The molecule has 2 rings (SSSR count). The SMILES string of the molecule is c1c[nH]oc2ccn[nH]c-2c1. The van der Waals surface area contributed by atoms with E-state index in [2.05, 4.69) is 15.4 Å². The van der Waals surface area contributed by atoms with Crippen LogP contribution in [0.4, 0.5) is 0 Å². The fourth-order valence-electron chi connectivity index (χ4n) is 0.846. The minimum absolute atomic E-state index is 0.741. The Hall–Kier alpha value is -1.71. The van der Waals surface area contributed by atoms with Gasteiger partial charge in [-0.2, -0.15) is 5.10 Å². The van der Waals surface area contributed by atoms with E-state index in [4.69, 9.17) is 4.52 Å². The van der Waals surface area contributed by atoms with Crippen LogP contribution in [0.1, 0.15) is 0 Å². The van der Waals surface area contributed by atoms with E-state index >= 15 is 0 Å². The molecule has 0 bridgehead atoms. The standard InChI is InChI=1S/C7H7N3O/c1-2-6-7(11-9-4-1)3-5-8-10-6/h1-5,9-10H. The zero-order valence-corrected chi connectivity index (χ0v) is 5.74. The number of nitrogens with one attached hydrogen (secondary N) is 2. The molecule has 4 heteroatoms. The second-order valence-corrected chi connectivity index (χ2v) is 2.08. The van der Waals surface area contributed by atoms with E-state index in [0.29, 0.717) is 0 Å². The molecule has 56 valence electrons. The van der Waals surface area contributed by atoms with Crippen LogP contribution in [0.3, 0.4) is 0 Å². The predicted octanol–water partition coefficient (Wildman–Crippen LogP) is 1.56. The highest BCUT2D eigenvalue weighted by Crippen LogP contribution is 2.12. The normalized spacial score (nSPS) is 9.82. The molecule has 0 spiro atoms. The van der Waals surface area contributed by atoms with Crippen molar-refractivity contribution in [2.24, 2.45) is 0 Å². The second-order valence-electron chi connectivity index (χ2n) is 2.08. The van der Waals surface area contributed by atoms with Crippen LogP contribution >= 0.6 is 0 Å². The van der Waals surface area contributed by atoms with Gasteiger partial charge in [0.05, 0.1) is 6.20 Å². The topological polar surface area (TPSA) is 57.6 Å². The smallest absolute Gasteiger partial charge is 0.181 e. The van der Waals surface area contributed by atoms with Gasteiger partial charge in [-0.15, -0.1) is 0 Å². The van der Waals surface area contributed by atoms with Gasteiger partial charge in [-0.3, -0.25) is 5.10 Å². The molecule has 0 aromatic rings. The first-order valence-electron chi connectivity index (χ1n) is 3.26. The highest BCUT2D eigenvalue weighted by molar-refractivity contribution is 5.49. The molecule has 0 atom stereocenters. The Morgan fingerprint density at radius 3 is 3.36 bits per heavy atom. The molecule has 0 radical (unpaired) electrons. The van der Waals surface area contributed by atoms with E-state index in [1.807, 2.05) is 12.1 Å². The molecule has 0 amide bonds. The Morgan fingerprint density at radius 2 is 2.36 bits per heavy atom. The van der Waals surface area contributed by atoms with Gasteiger partial charge in [-0.1, -0.05) is 0 Å². The summed E-state index contributed by atoms with van der Waals surface area (Å²) in [6.45, 7) is 0. The van der Waals surface area contributed by atoms with Crippen LogP contribution in [0.5, 0.6) is 0 Å². The first-order valence-corrected chi connectivity index (χ1v) is 3.26. The number of nitrogens with zero attached hydrogens (tertiary/aromatic N) is 1. The minimum atomic E-state index is 0.741. The van der Waals surface area contributed by atoms with Crippen LogP contribution in [0.25, 0.3) is 11.5 Å². The lowest BCUT2D eigenvalue weighted by molar-refractivity contribution is 0.416. The van der Waals surface area contributed by atoms with Crippen LogP contribution in [0, 0.1) is 0 Å². The van der Waals surface area contributed by atoms with Crippen LogP contribution < -0.4 is 0 Å². The van der Waals surface area contributed by atoms with Crippen molar-refractivity contribution in [2.45, 2.75) is 0 Å². The first kappa shape index (κ1) is 6.03. The zero-order chi connectivity index (χ0) is 7.52. The van der Waals surface area contributed by atoms with Crippen LogP contribution in [-0.2, 0) is 0 Å². The van der Waals surface area contributed by atoms with E-state index in [0.717, 1.165) is 11.5 Å². The Morgan fingerprint density at radius 1 is 1.36 bits per heavy atom. The summed E-state index contributed by atoms with van der Waals surface area (Å²) in [5, 5.41) is 9.29. The summed E-state index contributed by atoms with van der Waals surface area (Å²) in [4.78, 5) is 0. The Bertz CT molecular complexity index is 312. The molecule has 0 unspecified atom stereocenters. The van der Waals surface area contributed by atoms with Gasteiger partial charge in [0.15, 0.2) is 5.76 Å². The van der Waals surface area contributed by atoms with Gasteiger partial charge in [-0.05, 0) is 12.1 Å². The lowest BCUT2D eigenvalue weighted by Crippen LogP contribution is -1.84. The third kappa shape index (κ3) is 1.10. The number of H-pyrrole nitrogens is 2. The summed E-state index contributed by atoms with van der Waals surface area (Å²) < 4.78 is 5.11. The highest BCUT2D eigenvalue weighted by atomic mass is 16.5. The number of aromatic amines is 2. The molecule has 0 aliphatic carbocycles. The molecule has 2 aliphatic rings. The maximum absolute atomic E-state index is 5.11. The summed E-state index contributed by atoms with van der Waals surface area (Å²) in [6, 6.07) is 5.49. The molecule has 0 saturated heterocycles. The number of aromatic nitrogens is 3. The minimum Gasteiger partial charge on any atom is -0.380 e. The van der Waals surface area contributed by atoms with E-state index in [1.165, 1.54) is 0 Å². The second kappa shape index (κ2) is 2.49. The summed E-state index contributed by atoms with van der Waals surface area (Å²) >= 11 is 0. The third-order valence-corrected chi connectivity index (χ3v) is 1.35. The molecule has 2 heterocycles. The van der Waals surface area contributed by atoms with Gasteiger partial charge in [0.25, 0.3) is 0 Å². The van der Waals surface area contributed by atoms with E-state index in [1.54, 1.807) is 18.5 Å². The maximum atomic E-state index is 5.11. The van der Waals surface area contributed by atoms with Crippen LogP contribution in [0.15, 0.2) is 35.1 Å². The van der Waals surface area contributed by atoms with Gasteiger partial charge in [0.2, 0.25) is 0 Å². The van der Waals surface area contributed by atoms with E-state index in [9.17, 15) is 0 Å². The van der Waals surface area contributed by atoms with Crippen molar-refractivity contribution in [3.05, 3.63) is 30.6 Å². The van der Waals surface area contributed by atoms with E-state index in [-0.39, 0.29) is 0 Å². The molecule has 0 saturated carbocycles. The van der Waals surface area contributed by atoms with Crippen molar-refractivity contribution in [3.63, 3.8) is 0 Å². The number of hydrogen-bond acceptors (Lipinski definition) is 2. The molecular formula is C7H7N3O. The molecule has 2 N–H and O–H groups in total. The monoisotopic (exact) mass is 149 g/mol. The predicted molar refractivity (Wildman–Crippen MR) is 39.5 cm³/mol. The van der Waals surface area contributed by atoms with Crippen LogP contribution in [0.2, 0.25) is 0 Å². The molecule has 2 aliphatic heterocycles. The Kier molecular flexibility index (Phi) is 1.37. The molecule has 0 aromatic carbocycles. The molecule has 11 heavy (non-hydrogen) atoms. The van der Waals surface area contributed by atoms with Crippen molar-refractivity contribution in [3.8, 4) is 11.5 Å². The zero-order valence-electron chi connectivity index (χ0n) is 5.74. The summed E-state index contributed by atoms with van der Waals surface area (Å²) in [7, 11) is 0. The number of hydrogen-bond donors (Lipinski definition) is 2. The van der Waals surface area contributed by atoms with Crippen molar-refractivity contribution < 1.29 is 4.52 Å². The van der Waals surface area contributed by atoms with Gasteiger partial charge in [-0.25, -0.2) is 5.16 Å². The lowest BCUT2D eigenvalue weighted by Gasteiger charge is -1.94.